The summed E-state index contributed by atoms with van der Waals surface area (Å²) in [4.78, 5) is 0. The summed E-state index contributed by atoms with van der Waals surface area (Å²) in [5.41, 5.74) is 6.86. The first kappa shape index (κ1) is 19.4. The lowest BCUT2D eigenvalue weighted by Crippen LogP contribution is -1.90. The van der Waals surface area contributed by atoms with Crippen LogP contribution in [0.2, 0.25) is 0 Å². The van der Waals surface area contributed by atoms with E-state index in [1.807, 2.05) is 54.6 Å². The van der Waals surface area contributed by atoms with Gasteiger partial charge in [-0.05, 0) is 101 Å². The van der Waals surface area contributed by atoms with Crippen LogP contribution in [-0.4, -0.2) is 0 Å². The minimum Gasteiger partial charge on any atom is -0.456 e. The highest BCUT2D eigenvalue weighted by atomic mass is 16.3. The van der Waals surface area contributed by atoms with E-state index in [1.165, 1.54) is 6.07 Å². The van der Waals surface area contributed by atoms with Crippen LogP contribution in [0, 0.1) is 0 Å². The quantitative estimate of drug-likeness (QED) is 0.191. The highest BCUT2D eigenvalue weighted by Crippen LogP contribution is 2.46. The zero-order chi connectivity index (χ0) is 34.7. The molecule has 1 heteroatoms. The number of hydrogen-bond donors (Lipinski definition) is 0. The van der Waals surface area contributed by atoms with Gasteiger partial charge in [0.2, 0.25) is 0 Å². The average Bonchev–Trinajstić information content (AvgIpc) is 3.54. The zero-order valence-electron chi connectivity index (χ0n) is 30.0. The molecule has 1 heterocycles. The van der Waals surface area contributed by atoms with Crippen LogP contribution in [-0.2, 0) is 0 Å². The molecule has 0 saturated carbocycles. The van der Waals surface area contributed by atoms with Crippen molar-refractivity contribution in [2.24, 2.45) is 0 Å². The first-order valence-corrected chi connectivity index (χ1v) is 15.0. The lowest BCUT2D eigenvalue weighted by Gasteiger charge is -2.17. The third-order valence-corrected chi connectivity index (χ3v) is 9.13. The fourth-order valence-corrected chi connectivity index (χ4v) is 7.09. The standard InChI is InChI=1S/C44H26O/c1-2-8-27(9-3-1)33-25-39(44-38-12-6-7-13-40(38)45-41(44)26-33)35-21-17-30-18-22-36-34(20-16-29-19-23-37(35)43(30)42(29)36)32-15-14-28-10-4-5-11-31(28)24-32/h1-26H/i4D,5D,10D,14D,15D,24D. The third kappa shape index (κ3) is 3.62. The minimum absolute atomic E-state index is 0.0179. The van der Waals surface area contributed by atoms with Crippen LogP contribution in [0.3, 0.4) is 0 Å². The van der Waals surface area contributed by atoms with Crippen LogP contribution in [0.4, 0.5) is 0 Å². The molecule has 0 spiro atoms. The topological polar surface area (TPSA) is 13.1 Å². The van der Waals surface area contributed by atoms with E-state index < -0.39 is 0 Å². The lowest BCUT2D eigenvalue weighted by molar-refractivity contribution is 0.669. The Morgan fingerprint density at radius 1 is 0.400 bits per heavy atom. The summed E-state index contributed by atoms with van der Waals surface area (Å²) in [5, 5.41) is 8.48. The average molecular weight is 577 g/mol. The molecule has 10 rings (SSSR count). The maximum absolute atomic E-state index is 9.24. The summed E-state index contributed by atoms with van der Waals surface area (Å²) in [6, 6.07) is 39.7. The van der Waals surface area contributed by atoms with Crippen molar-refractivity contribution in [2.75, 3.05) is 0 Å². The van der Waals surface area contributed by atoms with E-state index in [2.05, 4.69) is 60.7 Å². The Bertz CT molecular complexity index is 3090. The van der Waals surface area contributed by atoms with Crippen LogP contribution in [0.1, 0.15) is 8.22 Å². The monoisotopic (exact) mass is 576 g/mol. The van der Waals surface area contributed by atoms with Crippen molar-refractivity contribution in [3.05, 3.63) is 158 Å². The number of fused-ring (bicyclic) bond motifs is 4. The van der Waals surface area contributed by atoms with Crippen molar-refractivity contribution in [3.63, 3.8) is 0 Å². The first-order valence-electron chi connectivity index (χ1n) is 18.0. The van der Waals surface area contributed by atoms with E-state index in [4.69, 9.17) is 11.3 Å². The predicted molar refractivity (Wildman–Crippen MR) is 191 cm³/mol. The molecule has 10 aromatic rings. The Hall–Kier alpha value is -5.92. The van der Waals surface area contributed by atoms with Crippen molar-refractivity contribution in [1.82, 2.24) is 0 Å². The van der Waals surface area contributed by atoms with Gasteiger partial charge in [0.15, 0.2) is 0 Å². The summed E-state index contributed by atoms with van der Waals surface area (Å²) in [6.07, 6.45) is 0. The van der Waals surface area contributed by atoms with E-state index in [9.17, 15) is 1.37 Å². The second-order valence-corrected chi connectivity index (χ2v) is 11.6. The van der Waals surface area contributed by atoms with Crippen LogP contribution >= 0.6 is 0 Å². The molecular weight excluding hydrogens is 544 g/mol. The van der Waals surface area contributed by atoms with Crippen LogP contribution in [0.5, 0.6) is 0 Å². The summed E-state index contributed by atoms with van der Waals surface area (Å²) in [5.74, 6) is 0. The minimum atomic E-state index is -0.309. The van der Waals surface area contributed by atoms with E-state index >= 15 is 0 Å². The molecule has 0 saturated heterocycles. The van der Waals surface area contributed by atoms with Gasteiger partial charge >= 0.3 is 0 Å². The van der Waals surface area contributed by atoms with Crippen molar-refractivity contribution >= 4 is 65.0 Å². The summed E-state index contributed by atoms with van der Waals surface area (Å²) >= 11 is 0. The van der Waals surface area contributed by atoms with Gasteiger partial charge in [-0.3, -0.25) is 0 Å². The molecule has 1 aromatic heterocycles. The van der Waals surface area contributed by atoms with Crippen molar-refractivity contribution in [3.8, 4) is 33.4 Å². The molecule has 0 amide bonds. The summed E-state index contributed by atoms with van der Waals surface area (Å²) in [7, 11) is 0. The van der Waals surface area contributed by atoms with Crippen LogP contribution < -0.4 is 0 Å². The number of hydrogen-bond acceptors (Lipinski definition) is 1. The molecule has 0 radical (unpaired) electrons. The van der Waals surface area contributed by atoms with E-state index in [0.29, 0.717) is 5.56 Å². The van der Waals surface area contributed by atoms with Gasteiger partial charge in [-0.2, -0.15) is 0 Å². The molecule has 0 N–H and O–H groups in total. The maximum atomic E-state index is 9.24. The molecule has 208 valence electrons. The Labute approximate surface area is 268 Å². The number of para-hydroxylation sites is 1. The molecule has 0 fully saturated rings. The molecule has 0 bridgehead atoms. The zero-order valence-corrected chi connectivity index (χ0v) is 24.0. The normalized spacial score (nSPS) is 13.9. The van der Waals surface area contributed by atoms with Crippen molar-refractivity contribution in [2.45, 2.75) is 0 Å². The van der Waals surface area contributed by atoms with Gasteiger partial charge in [0, 0.05) is 10.8 Å². The predicted octanol–water partition coefficient (Wildman–Crippen LogP) is 12.6. The van der Waals surface area contributed by atoms with Gasteiger partial charge in [0.1, 0.15) is 11.2 Å². The van der Waals surface area contributed by atoms with Gasteiger partial charge in [0.05, 0.1) is 8.22 Å². The van der Waals surface area contributed by atoms with Crippen LogP contribution in [0.25, 0.3) is 98.4 Å². The first-order chi connectivity index (χ1) is 24.8. The number of benzene rings is 9. The Morgan fingerprint density at radius 3 is 1.98 bits per heavy atom. The second-order valence-electron chi connectivity index (χ2n) is 11.6. The van der Waals surface area contributed by atoms with E-state index in [1.54, 1.807) is 0 Å². The molecule has 1 nitrogen and oxygen atoms in total. The van der Waals surface area contributed by atoms with Crippen LogP contribution in [0.15, 0.2) is 162 Å². The highest BCUT2D eigenvalue weighted by Gasteiger charge is 2.19. The fourth-order valence-electron chi connectivity index (χ4n) is 7.09. The van der Waals surface area contributed by atoms with Gasteiger partial charge in [-0.15, -0.1) is 0 Å². The van der Waals surface area contributed by atoms with E-state index in [-0.39, 0.29) is 52.6 Å². The largest absolute Gasteiger partial charge is 0.456 e. The maximum Gasteiger partial charge on any atom is 0.136 e. The third-order valence-electron chi connectivity index (χ3n) is 9.13. The van der Waals surface area contributed by atoms with E-state index in [0.717, 1.165) is 76.5 Å². The Kier molecular flexibility index (Phi) is 4.00. The number of furan rings is 1. The van der Waals surface area contributed by atoms with Gasteiger partial charge in [-0.1, -0.05) is 133 Å². The molecule has 0 aliphatic carbocycles. The Morgan fingerprint density at radius 2 is 1.13 bits per heavy atom. The lowest BCUT2D eigenvalue weighted by atomic mass is 9.86. The van der Waals surface area contributed by atoms with Crippen molar-refractivity contribution in [1.29, 1.82) is 0 Å². The van der Waals surface area contributed by atoms with Gasteiger partial charge in [0.25, 0.3) is 0 Å². The molecule has 0 atom stereocenters. The number of rotatable bonds is 3. The molecular formula is C44H26O. The molecule has 0 unspecified atom stereocenters. The molecule has 45 heavy (non-hydrogen) atoms. The molecule has 9 aromatic carbocycles. The summed E-state index contributed by atoms with van der Waals surface area (Å²) in [6.45, 7) is 0. The van der Waals surface area contributed by atoms with Gasteiger partial charge in [-0.25, -0.2) is 0 Å². The van der Waals surface area contributed by atoms with Crippen molar-refractivity contribution < 1.29 is 12.6 Å². The van der Waals surface area contributed by atoms with Gasteiger partial charge < -0.3 is 4.42 Å². The fraction of sp³-hybridized carbons (Fsp3) is 0. The smallest absolute Gasteiger partial charge is 0.136 e. The highest BCUT2D eigenvalue weighted by molar-refractivity contribution is 6.29. The molecule has 0 aliphatic rings. The molecule has 0 aliphatic heterocycles. The SMILES string of the molecule is [2H]c1cc2c([2H])c(-c3ccc4ccc5c(-c6cc(-c7ccccc7)cc7oc8ccccc8c67)ccc6ccc3c4c65)c([2H])c([2H])c2c([2H])c1[2H]. The summed E-state index contributed by atoms with van der Waals surface area (Å²) < 4.78 is 58.5. The Balaban J connectivity index is 1.29. The second kappa shape index (κ2) is 9.29.